The number of ketones is 1. The van der Waals surface area contributed by atoms with E-state index in [1.165, 1.54) is 7.11 Å². The zero-order valence-electron chi connectivity index (χ0n) is 16.8. The van der Waals surface area contributed by atoms with Gasteiger partial charge in [-0.3, -0.25) is 9.59 Å². The van der Waals surface area contributed by atoms with Crippen LogP contribution in [0.3, 0.4) is 0 Å². The summed E-state index contributed by atoms with van der Waals surface area (Å²) in [5.41, 5.74) is 1.24. The summed E-state index contributed by atoms with van der Waals surface area (Å²) < 4.78 is 36.4. The lowest BCUT2D eigenvalue weighted by atomic mass is 9.91. The zero-order valence-corrected chi connectivity index (χ0v) is 16.8. The Bertz CT molecular complexity index is 836. The molecule has 2 aliphatic heterocycles. The molecule has 0 radical (unpaired) electrons. The summed E-state index contributed by atoms with van der Waals surface area (Å²) in [5.74, 6) is -3.69. The van der Waals surface area contributed by atoms with Crippen molar-refractivity contribution in [1.82, 2.24) is 5.32 Å². The summed E-state index contributed by atoms with van der Waals surface area (Å²) >= 11 is 0. The maximum absolute atomic E-state index is 12.6. The number of benzene rings is 1. The molecule has 2 atom stereocenters. The van der Waals surface area contributed by atoms with Crippen LogP contribution in [0.1, 0.15) is 43.6 Å². The average Bonchev–Trinajstić information content (AvgIpc) is 2.99. The number of amides is 2. The Morgan fingerprint density at radius 1 is 1.19 bits per heavy atom. The minimum absolute atomic E-state index is 0.0502. The number of para-hydroxylation sites is 1. The minimum atomic E-state index is -5.08. The third kappa shape index (κ3) is 6.27. The van der Waals surface area contributed by atoms with Crippen molar-refractivity contribution in [2.45, 2.75) is 50.2 Å². The zero-order chi connectivity index (χ0) is 23.2. The molecule has 1 aromatic carbocycles. The van der Waals surface area contributed by atoms with Crippen molar-refractivity contribution >= 4 is 29.4 Å². The quantitative estimate of drug-likeness (QED) is 0.734. The van der Waals surface area contributed by atoms with Gasteiger partial charge in [0.2, 0.25) is 5.91 Å². The van der Waals surface area contributed by atoms with Crippen LogP contribution in [0.4, 0.5) is 23.7 Å². The number of imide groups is 1. The van der Waals surface area contributed by atoms with Crippen LogP contribution in [0.2, 0.25) is 0 Å². The van der Waals surface area contributed by atoms with E-state index in [-0.39, 0.29) is 24.2 Å². The number of rotatable bonds is 4. The second-order valence-electron chi connectivity index (χ2n) is 7.15. The highest BCUT2D eigenvalue weighted by molar-refractivity contribution is 6.19. The molecule has 2 aliphatic rings. The first-order valence-electron chi connectivity index (χ1n) is 9.62. The van der Waals surface area contributed by atoms with E-state index in [1.807, 2.05) is 6.07 Å². The number of carbonyl (C=O) groups excluding carboxylic acids is 3. The number of hydrogen-bond acceptors (Lipinski definition) is 6. The minimum Gasteiger partial charge on any atom is -0.475 e. The molecule has 1 saturated heterocycles. The predicted molar refractivity (Wildman–Crippen MR) is 103 cm³/mol. The Morgan fingerprint density at radius 3 is 2.39 bits per heavy atom. The number of alkyl halides is 3. The van der Waals surface area contributed by atoms with E-state index < -0.39 is 24.2 Å². The number of ether oxygens (including phenoxy) is 1. The lowest BCUT2D eigenvalue weighted by molar-refractivity contribution is -0.192. The monoisotopic (exact) mass is 444 g/mol. The van der Waals surface area contributed by atoms with Gasteiger partial charge in [-0.15, -0.1) is 0 Å². The molecule has 0 bridgehead atoms. The molecule has 2 N–H and O–H groups in total. The first-order valence-corrected chi connectivity index (χ1v) is 9.62. The van der Waals surface area contributed by atoms with Gasteiger partial charge in [0.05, 0.1) is 18.7 Å². The van der Waals surface area contributed by atoms with E-state index >= 15 is 0 Å². The number of anilines is 1. The van der Waals surface area contributed by atoms with E-state index in [0.717, 1.165) is 36.3 Å². The van der Waals surface area contributed by atoms with Crippen LogP contribution in [0.15, 0.2) is 24.3 Å². The maximum Gasteiger partial charge on any atom is 0.490 e. The van der Waals surface area contributed by atoms with Gasteiger partial charge in [-0.25, -0.2) is 14.5 Å². The number of methoxy groups -OCH3 is 1. The molecule has 11 heteroatoms. The van der Waals surface area contributed by atoms with E-state index in [4.69, 9.17) is 14.6 Å². The Hall–Kier alpha value is -2.95. The van der Waals surface area contributed by atoms with Crippen molar-refractivity contribution < 1.29 is 42.2 Å². The number of carboxylic acid groups (broad SMARTS) is 1. The molecule has 0 saturated carbocycles. The van der Waals surface area contributed by atoms with Gasteiger partial charge in [0.1, 0.15) is 5.78 Å². The molecule has 0 spiro atoms. The van der Waals surface area contributed by atoms with E-state index in [9.17, 15) is 27.6 Å². The van der Waals surface area contributed by atoms with Gasteiger partial charge in [-0.2, -0.15) is 13.2 Å². The van der Waals surface area contributed by atoms with Crippen molar-refractivity contribution in [2.24, 2.45) is 0 Å². The summed E-state index contributed by atoms with van der Waals surface area (Å²) in [5, 5.41) is 10.5. The Morgan fingerprint density at radius 2 is 1.84 bits per heavy atom. The lowest BCUT2D eigenvalue weighted by Gasteiger charge is -2.23. The third-order valence-corrected chi connectivity index (χ3v) is 4.99. The molecule has 2 unspecified atom stereocenters. The van der Waals surface area contributed by atoms with Gasteiger partial charge in [-0.05, 0) is 31.0 Å². The predicted octanol–water partition coefficient (Wildman–Crippen LogP) is 3.01. The second-order valence-corrected chi connectivity index (χ2v) is 7.15. The lowest BCUT2D eigenvalue weighted by Crippen LogP contribution is -2.37. The van der Waals surface area contributed by atoms with Gasteiger partial charge < -0.3 is 15.2 Å². The number of nitrogens with one attached hydrogen (secondary N) is 1. The van der Waals surface area contributed by atoms with Crippen LogP contribution in [0.25, 0.3) is 0 Å². The van der Waals surface area contributed by atoms with Crippen molar-refractivity contribution in [3.05, 3.63) is 29.8 Å². The molecular formula is C20H23F3N2O6. The molecule has 3 rings (SSSR count). The SMILES string of the molecule is COC(=O)N1C(=O)C(CC(=O)CC2CCCCN2)c2ccccc21.O=C(O)C(F)(F)F. The highest BCUT2D eigenvalue weighted by Gasteiger charge is 2.42. The smallest absolute Gasteiger partial charge is 0.475 e. The van der Waals surface area contributed by atoms with E-state index in [0.29, 0.717) is 12.1 Å². The highest BCUT2D eigenvalue weighted by Crippen LogP contribution is 2.39. The fraction of sp³-hybridized carbons (Fsp3) is 0.500. The standard InChI is InChI=1S/C18H22N2O4.C2HF3O2/c1-24-18(23)20-16-8-3-2-7-14(16)15(17(20)22)11-13(21)10-12-6-4-5-9-19-12;3-2(4,5)1(6)7/h2-3,7-8,12,15,19H,4-6,9-11H2,1H3;(H,6,7). The summed E-state index contributed by atoms with van der Waals surface area (Å²) in [6, 6.07) is 7.28. The third-order valence-electron chi connectivity index (χ3n) is 4.99. The van der Waals surface area contributed by atoms with Crippen LogP contribution < -0.4 is 10.2 Å². The molecule has 0 aromatic heterocycles. The Kier molecular flexibility index (Phi) is 8.14. The van der Waals surface area contributed by atoms with Crippen LogP contribution in [0, 0.1) is 0 Å². The number of carboxylic acids is 1. The molecule has 2 amide bonds. The molecular weight excluding hydrogens is 421 g/mol. The molecule has 1 fully saturated rings. The number of Topliss-reactive ketones (excluding diaryl/α,β-unsaturated/α-hetero) is 1. The van der Waals surface area contributed by atoms with Crippen molar-refractivity contribution in [1.29, 1.82) is 0 Å². The van der Waals surface area contributed by atoms with Crippen molar-refractivity contribution in [2.75, 3.05) is 18.6 Å². The van der Waals surface area contributed by atoms with Crippen LogP contribution in [-0.4, -0.2) is 54.7 Å². The number of piperidine rings is 1. The average molecular weight is 444 g/mol. The van der Waals surface area contributed by atoms with Crippen molar-refractivity contribution in [3.8, 4) is 0 Å². The summed E-state index contributed by atoms with van der Waals surface area (Å²) in [6.07, 6.45) is -1.96. The molecule has 31 heavy (non-hydrogen) atoms. The number of aliphatic carboxylic acids is 1. The second kappa shape index (κ2) is 10.4. The van der Waals surface area contributed by atoms with Crippen molar-refractivity contribution in [3.63, 3.8) is 0 Å². The number of nitrogens with zero attached hydrogens (tertiary/aromatic N) is 1. The van der Waals surface area contributed by atoms with Gasteiger partial charge >= 0.3 is 18.2 Å². The van der Waals surface area contributed by atoms with Gasteiger partial charge in [0.25, 0.3) is 0 Å². The number of hydrogen-bond donors (Lipinski definition) is 2. The first-order chi connectivity index (χ1) is 14.6. The van der Waals surface area contributed by atoms with E-state index in [2.05, 4.69) is 5.32 Å². The van der Waals surface area contributed by atoms with Gasteiger partial charge in [-0.1, -0.05) is 24.6 Å². The number of fused-ring (bicyclic) bond motifs is 1. The molecule has 8 nitrogen and oxygen atoms in total. The number of carbonyl (C=O) groups is 4. The molecule has 0 aliphatic carbocycles. The summed E-state index contributed by atoms with van der Waals surface area (Å²) in [4.78, 5) is 46.9. The first kappa shape index (κ1) is 24.3. The van der Waals surface area contributed by atoms with Crippen LogP contribution >= 0.6 is 0 Å². The fourth-order valence-electron chi connectivity index (χ4n) is 3.55. The summed E-state index contributed by atoms with van der Waals surface area (Å²) in [6.45, 7) is 0.944. The number of halogens is 3. The maximum atomic E-state index is 12.6. The molecule has 2 heterocycles. The topological polar surface area (TPSA) is 113 Å². The fourth-order valence-corrected chi connectivity index (χ4v) is 3.55. The normalized spacial score (nSPS) is 20.4. The highest BCUT2D eigenvalue weighted by atomic mass is 19.4. The van der Waals surface area contributed by atoms with Gasteiger partial charge in [0, 0.05) is 18.9 Å². The Labute approximate surface area is 176 Å². The molecule has 1 aromatic rings. The summed E-state index contributed by atoms with van der Waals surface area (Å²) in [7, 11) is 1.24. The van der Waals surface area contributed by atoms with Crippen LogP contribution in [-0.2, 0) is 19.1 Å². The largest absolute Gasteiger partial charge is 0.490 e. The Balaban J connectivity index is 0.000000423. The van der Waals surface area contributed by atoms with Gasteiger partial charge in [0.15, 0.2) is 0 Å². The molecule has 170 valence electrons. The van der Waals surface area contributed by atoms with Crippen LogP contribution in [0.5, 0.6) is 0 Å². The van der Waals surface area contributed by atoms with E-state index in [1.54, 1.807) is 18.2 Å².